The molecule has 0 unspecified atom stereocenters. The molecule has 0 radical (unpaired) electrons. The lowest BCUT2D eigenvalue weighted by Crippen LogP contribution is -2.51. The number of nitrogens with one attached hydrogen (secondary N) is 1. The minimum absolute atomic E-state index is 0.0367. The molecule has 3 amide bonds. The molecule has 0 aliphatic carbocycles. The summed E-state index contributed by atoms with van der Waals surface area (Å²) in [5.74, 6) is 0.216. The first-order chi connectivity index (χ1) is 14.0. The van der Waals surface area contributed by atoms with Gasteiger partial charge >= 0.3 is 6.03 Å². The van der Waals surface area contributed by atoms with Crippen molar-refractivity contribution in [3.8, 4) is 0 Å². The molecule has 29 heavy (non-hydrogen) atoms. The van der Waals surface area contributed by atoms with Crippen molar-refractivity contribution in [2.75, 3.05) is 46.8 Å². The summed E-state index contributed by atoms with van der Waals surface area (Å²) >= 11 is 0. The van der Waals surface area contributed by atoms with Gasteiger partial charge in [-0.3, -0.25) is 4.79 Å². The third-order valence-corrected chi connectivity index (χ3v) is 6.15. The molecule has 0 aromatic heterocycles. The molecule has 0 bridgehead atoms. The van der Waals surface area contributed by atoms with Gasteiger partial charge in [-0.05, 0) is 57.2 Å². The Hall–Kier alpha value is -2.08. The highest BCUT2D eigenvalue weighted by Crippen LogP contribution is 2.19. The van der Waals surface area contributed by atoms with Crippen molar-refractivity contribution in [2.24, 2.45) is 5.92 Å². The zero-order chi connectivity index (χ0) is 20.6. The molecular weight excluding hydrogens is 364 g/mol. The molecule has 6 nitrogen and oxygen atoms in total. The molecule has 2 aliphatic heterocycles. The number of amides is 3. The molecule has 0 saturated carbocycles. The van der Waals surface area contributed by atoms with Crippen LogP contribution < -0.4 is 5.32 Å². The number of carbonyl (C=O) groups excluding carboxylic acids is 2. The number of benzene rings is 1. The summed E-state index contributed by atoms with van der Waals surface area (Å²) in [6.07, 6.45) is 6.00. The fraction of sp³-hybridized carbons (Fsp3) is 0.652. The van der Waals surface area contributed by atoms with Crippen LogP contribution in [0.5, 0.6) is 0 Å². The largest absolute Gasteiger partial charge is 0.352 e. The van der Waals surface area contributed by atoms with Crippen molar-refractivity contribution in [1.29, 1.82) is 0 Å². The Kier molecular flexibility index (Phi) is 7.92. The molecular formula is C23H36N4O2. The van der Waals surface area contributed by atoms with Crippen LogP contribution in [-0.4, -0.2) is 79.5 Å². The molecule has 160 valence electrons. The Labute approximate surface area is 175 Å². The first kappa shape index (κ1) is 21.6. The van der Waals surface area contributed by atoms with Crippen LogP contribution in [0, 0.1) is 5.92 Å². The summed E-state index contributed by atoms with van der Waals surface area (Å²) in [4.78, 5) is 30.7. The summed E-state index contributed by atoms with van der Waals surface area (Å²) in [7, 11) is 3.55. The van der Waals surface area contributed by atoms with Crippen LogP contribution in [0.2, 0.25) is 0 Å². The second-order valence-corrected chi connectivity index (χ2v) is 8.68. The highest BCUT2D eigenvalue weighted by molar-refractivity contribution is 5.80. The Morgan fingerprint density at radius 3 is 2.48 bits per heavy atom. The summed E-state index contributed by atoms with van der Waals surface area (Å²) in [6, 6.07) is 10.9. The van der Waals surface area contributed by atoms with E-state index < -0.39 is 0 Å². The highest BCUT2D eigenvalue weighted by atomic mass is 16.2. The molecule has 1 N–H and O–H groups in total. The van der Waals surface area contributed by atoms with E-state index in [2.05, 4.69) is 40.5 Å². The molecule has 2 fully saturated rings. The molecule has 2 aliphatic rings. The molecule has 1 atom stereocenters. The van der Waals surface area contributed by atoms with E-state index >= 15 is 0 Å². The van der Waals surface area contributed by atoms with Gasteiger partial charge in [0.05, 0.1) is 0 Å². The maximum absolute atomic E-state index is 12.7. The lowest BCUT2D eigenvalue weighted by atomic mass is 9.95. The predicted octanol–water partition coefficient (Wildman–Crippen LogP) is 2.59. The van der Waals surface area contributed by atoms with Crippen molar-refractivity contribution >= 4 is 11.9 Å². The van der Waals surface area contributed by atoms with E-state index in [1.165, 1.54) is 5.56 Å². The summed E-state index contributed by atoms with van der Waals surface area (Å²) < 4.78 is 0. The van der Waals surface area contributed by atoms with Gasteiger partial charge in [0, 0.05) is 45.7 Å². The Bertz CT molecular complexity index is 656. The lowest BCUT2D eigenvalue weighted by molar-refractivity contribution is -0.127. The fourth-order valence-corrected chi connectivity index (χ4v) is 4.46. The SMILES string of the molecule is CN(C)C(=O)N1CCC(C(=O)N[C@H]2CCCN(CCCc3ccccc3)C2)CC1. The van der Waals surface area contributed by atoms with E-state index in [1.54, 1.807) is 19.0 Å². The number of nitrogens with zero attached hydrogens (tertiary/aromatic N) is 3. The molecule has 1 aromatic carbocycles. The number of piperidine rings is 2. The van der Waals surface area contributed by atoms with Crippen LogP contribution in [0.25, 0.3) is 0 Å². The predicted molar refractivity (Wildman–Crippen MR) is 116 cm³/mol. The molecule has 6 heteroatoms. The van der Waals surface area contributed by atoms with Crippen molar-refractivity contribution in [1.82, 2.24) is 20.0 Å². The topological polar surface area (TPSA) is 55.9 Å². The lowest BCUT2D eigenvalue weighted by Gasteiger charge is -2.36. The second kappa shape index (κ2) is 10.6. The number of likely N-dealkylation sites (tertiary alicyclic amines) is 2. The van der Waals surface area contributed by atoms with E-state index in [9.17, 15) is 9.59 Å². The summed E-state index contributed by atoms with van der Waals surface area (Å²) in [6.45, 7) is 4.52. The number of hydrogen-bond acceptors (Lipinski definition) is 3. The summed E-state index contributed by atoms with van der Waals surface area (Å²) in [5.41, 5.74) is 1.40. The van der Waals surface area contributed by atoms with Gasteiger partial charge in [0.1, 0.15) is 0 Å². The van der Waals surface area contributed by atoms with Gasteiger partial charge in [-0.1, -0.05) is 30.3 Å². The summed E-state index contributed by atoms with van der Waals surface area (Å²) in [5, 5.41) is 3.30. The van der Waals surface area contributed by atoms with Crippen LogP contribution in [0.15, 0.2) is 30.3 Å². The number of hydrogen-bond donors (Lipinski definition) is 1. The standard InChI is InChI=1S/C23H36N4O2/c1-25(2)23(29)27-16-12-20(13-17-27)22(28)24-21-11-7-15-26(18-21)14-6-10-19-8-4-3-5-9-19/h3-5,8-9,20-21H,6-7,10-18H2,1-2H3,(H,24,28)/t21-/m0/s1. The second-order valence-electron chi connectivity index (χ2n) is 8.68. The maximum atomic E-state index is 12.7. The van der Waals surface area contributed by atoms with Crippen LogP contribution >= 0.6 is 0 Å². The van der Waals surface area contributed by atoms with E-state index in [0.29, 0.717) is 13.1 Å². The average molecular weight is 401 g/mol. The Morgan fingerprint density at radius 2 is 1.79 bits per heavy atom. The Balaban J connectivity index is 1.37. The molecule has 2 saturated heterocycles. The zero-order valence-corrected chi connectivity index (χ0v) is 18.0. The number of urea groups is 1. The van der Waals surface area contributed by atoms with Crippen molar-refractivity contribution < 1.29 is 9.59 Å². The first-order valence-electron chi connectivity index (χ1n) is 11.1. The van der Waals surface area contributed by atoms with Crippen molar-refractivity contribution in [2.45, 2.75) is 44.6 Å². The van der Waals surface area contributed by atoms with Crippen molar-refractivity contribution in [3.05, 3.63) is 35.9 Å². The van der Waals surface area contributed by atoms with E-state index in [4.69, 9.17) is 0 Å². The highest BCUT2D eigenvalue weighted by Gasteiger charge is 2.30. The fourth-order valence-electron chi connectivity index (χ4n) is 4.46. The quantitative estimate of drug-likeness (QED) is 0.799. The van der Waals surface area contributed by atoms with Gasteiger partial charge in [-0.25, -0.2) is 4.79 Å². The minimum Gasteiger partial charge on any atom is -0.352 e. The maximum Gasteiger partial charge on any atom is 0.319 e. The van der Waals surface area contributed by atoms with Gasteiger partial charge in [-0.15, -0.1) is 0 Å². The average Bonchev–Trinajstić information content (AvgIpc) is 2.74. The Morgan fingerprint density at radius 1 is 1.07 bits per heavy atom. The van der Waals surface area contributed by atoms with E-state index in [1.807, 2.05) is 4.90 Å². The first-order valence-corrected chi connectivity index (χ1v) is 11.1. The van der Waals surface area contributed by atoms with Gasteiger partial charge in [0.2, 0.25) is 5.91 Å². The minimum atomic E-state index is 0.0367. The smallest absolute Gasteiger partial charge is 0.319 e. The van der Waals surface area contributed by atoms with Crippen LogP contribution in [0.1, 0.15) is 37.7 Å². The molecule has 2 heterocycles. The van der Waals surface area contributed by atoms with Crippen LogP contribution in [0.3, 0.4) is 0 Å². The van der Waals surface area contributed by atoms with Crippen LogP contribution in [0.4, 0.5) is 4.79 Å². The van der Waals surface area contributed by atoms with Crippen molar-refractivity contribution in [3.63, 3.8) is 0 Å². The zero-order valence-electron chi connectivity index (χ0n) is 18.0. The normalized spacial score (nSPS) is 21.0. The van der Waals surface area contributed by atoms with E-state index in [0.717, 1.165) is 58.2 Å². The molecule has 3 rings (SSSR count). The molecule has 0 spiro atoms. The van der Waals surface area contributed by atoms with Gasteiger partial charge < -0.3 is 20.0 Å². The number of aryl methyl sites for hydroxylation is 1. The van der Waals surface area contributed by atoms with E-state index in [-0.39, 0.29) is 23.9 Å². The number of carbonyl (C=O) groups is 2. The third-order valence-electron chi connectivity index (χ3n) is 6.15. The van der Waals surface area contributed by atoms with Gasteiger partial charge in [-0.2, -0.15) is 0 Å². The van der Waals surface area contributed by atoms with Crippen LogP contribution in [-0.2, 0) is 11.2 Å². The van der Waals surface area contributed by atoms with Gasteiger partial charge in [0.25, 0.3) is 0 Å². The van der Waals surface area contributed by atoms with Gasteiger partial charge in [0.15, 0.2) is 0 Å². The molecule has 1 aromatic rings. The third kappa shape index (κ3) is 6.46. The monoisotopic (exact) mass is 400 g/mol. The number of rotatable bonds is 6.